The maximum Gasteiger partial charge on any atom is 0.315 e. The Kier molecular flexibility index (Phi) is 6.40. The lowest BCUT2D eigenvalue weighted by molar-refractivity contribution is 0.229. The van der Waals surface area contributed by atoms with E-state index in [2.05, 4.69) is 22.5 Å². The molecule has 0 aliphatic heterocycles. The minimum Gasteiger partial charge on any atom is -0.396 e. The smallest absolute Gasteiger partial charge is 0.315 e. The normalized spacial score (nSPS) is 12.3. The number of pyridine rings is 1. The Morgan fingerprint density at radius 1 is 1.35 bits per heavy atom. The highest BCUT2D eigenvalue weighted by molar-refractivity contribution is 5.73. The van der Waals surface area contributed by atoms with Gasteiger partial charge in [0.15, 0.2) is 0 Å². The number of carbonyl (C=O) groups excluding carboxylic acids is 1. The molecule has 0 spiro atoms. The Hall–Kier alpha value is -2.08. The highest BCUT2D eigenvalue weighted by Gasteiger charge is 2.10. The van der Waals surface area contributed by atoms with Crippen LogP contribution in [0.1, 0.15) is 37.6 Å². The van der Waals surface area contributed by atoms with E-state index in [9.17, 15) is 4.79 Å². The summed E-state index contributed by atoms with van der Waals surface area (Å²) < 4.78 is 2.01. The van der Waals surface area contributed by atoms with Gasteiger partial charge in [-0.15, -0.1) is 0 Å². The molecular weight excluding hydrogens is 292 g/mol. The summed E-state index contributed by atoms with van der Waals surface area (Å²) in [5.74, 6) is 0.327. The van der Waals surface area contributed by atoms with Crippen LogP contribution in [0.4, 0.5) is 4.79 Å². The lowest BCUT2D eigenvalue weighted by Crippen LogP contribution is -2.38. The predicted octanol–water partition coefficient (Wildman–Crippen LogP) is 2.24. The van der Waals surface area contributed by atoms with E-state index < -0.39 is 0 Å². The minimum absolute atomic E-state index is 0.161. The number of aromatic nitrogens is 2. The maximum absolute atomic E-state index is 11.9. The van der Waals surface area contributed by atoms with E-state index in [1.165, 1.54) is 0 Å². The SMILES string of the molecule is CCCC(CCO)CNC(=O)NCc1cn2c(C)cccc2n1. The van der Waals surface area contributed by atoms with Crippen LogP contribution in [0.5, 0.6) is 0 Å². The second kappa shape index (κ2) is 8.53. The average molecular weight is 318 g/mol. The molecule has 2 rings (SSSR count). The van der Waals surface area contributed by atoms with E-state index in [0.717, 1.165) is 36.3 Å². The first-order valence-corrected chi connectivity index (χ1v) is 8.20. The number of amides is 2. The number of fused-ring (bicyclic) bond motifs is 1. The molecule has 0 saturated carbocycles. The third kappa shape index (κ3) is 4.96. The van der Waals surface area contributed by atoms with Crippen molar-refractivity contribution in [3.63, 3.8) is 0 Å². The summed E-state index contributed by atoms with van der Waals surface area (Å²) in [6.07, 6.45) is 4.72. The quantitative estimate of drug-likeness (QED) is 0.698. The van der Waals surface area contributed by atoms with Gasteiger partial charge in [0, 0.05) is 25.0 Å². The zero-order valence-corrected chi connectivity index (χ0v) is 13.9. The summed E-state index contributed by atoms with van der Waals surface area (Å²) in [6, 6.07) is 5.74. The maximum atomic E-state index is 11.9. The van der Waals surface area contributed by atoms with Gasteiger partial charge in [0.05, 0.1) is 12.2 Å². The lowest BCUT2D eigenvalue weighted by atomic mass is 10.0. The predicted molar refractivity (Wildman–Crippen MR) is 90.3 cm³/mol. The van der Waals surface area contributed by atoms with Crippen LogP contribution in [-0.4, -0.2) is 33.7 Å². The van der Waals surface area contributed by atoms with E-state index in [4.69, 9.17) is 5.11 Å². The van der Waals surface area contributed by atoms with Gasteiger partial charge < -0.3 is 20.1 Å². The minimum atomic E-state index is -0.196. The van der Waals surface area contributed by atoms with Gasteiger partial charge in [-0.05, 0) is 37.8 Å². The zero-order chi connectivity index (χ0) is 16.7. The fourth-order valence-electron chi connectivity index (χ4n) is 2.69. The lowest BCUT2D eigenvalue weighted by Gasteiger charge is -2.15. The molecule has 0 fully saturated rings. The van der Waals surface area contributed by atoms with Gasteiger partial charge in [0.25, 0.3) is 0 Å². The molecule has 0 saturated heterocycles. The second-order valence-corrected chi connectivity index (χ2v) is 5.86. The molecule has 2 aromatic rings. The number of nitrogens with one attached hydrogen (secondary N) is 2. The zero-order valence-electron chi connectivity index (χ0n) is 13.9. The summed E-state index contributed by atoms with van der Waals surface area (Å²) in [4.78, 5) is 16.4. The molecule has 1 unspecified atom stereocenters. The van der Waals surface area contributed by atoms with Crippen molar-refractivity contribution in [3.8, 4) is 0 Å². The molecule has 23 heavy (non-hydrogen) atoms. The molecule has 2 amide bonds. The van der Waals surface area contributed by atoms with E-state index in [1.54, 1.807) is 0 Å². The standard InChI is InChI=1S/C17H26N4O2/c1-3-5-14(8-9-22)10-18-17(23)19-11-15-12-21-13(2)6-4-7-16(21)20-15/h4,6-7,12,14,22H,3,5,8-11H2,1-2H3,(H2,18,19,23). The fraction of sp³-hybridized carbons (Fsp3) is 0.529. The number of aliphatic hydroxyl groups excluding tert-OH is 1. The van der Waals surface area contributed by atoms with Gasteiger partial charge >= 0.3 is 6.03 Å². The van der Waals surface area contributed by atoms with Crippen molar-refractivity contribution in [3.05, 3.63) is 35.8 Å². The van der Waals surface area contributed by atoms with Crippen molar-refractivity contribution in [1.29, 1.82) is 0 Å². The molecule has 0 aromatic carbocycles. The molecule has 0 aliphatic rings. The topological polar surface area (TPSA) is 78.7 Å². The first kappa shape index (κ1) is 17.3. The number of urea groups is 1. The Bertz CT molecular complexity index is 633. The number of hydrogen-bond acceptors (Lipinski definition) is 3. The number of aryl methyl sites for hydroxylation is 1. The Labute approximate surface area is 136 Å². The third-order valence-corrected chi connectivity index (χ3v) is 3.96. The number of imidazole rings is 1. The van der Waals surface area contributed by atoms with Gasteiger partial charge in [0.1, 0.15) is 5.65 Å². The van der Waals surface area contributed by atoms with Crippen molar-refractivity contribution in [2.24, 2.45) is 5.92 Å². The first-order chi connectivity index (χ1) is 11.1. The van der Waals surface area contributed by atoms with E-state index in [-0.39, 0.29) is 12.6 Å². The van der Waals surface area contributed by atoms with Crippen LogP contribution >= 0.6 is 0 Å². The molecule has 6 heteroatoms. The third-order valence-electron chi connectivity index (χ3n) is 3.96. The van der Waals surface area contributed by atoms with Crippen molar-refractivity contribution >= 4 is 11.7 Å². The molecule has 2 aromatic heterocycles. The number of rotatable bonds is 8. The average Bonchev–Trinajstić information content (AvgIpc) is 2.96. The van der Waals surface area contributed by atoms with Crippen LogP contribution in [-0.2, 0) is 6.54 Å². The first-order valence-electron chi connectivity index (χ1n) is 8.20. The van der Waals surface area contributed by atoms with Crippen molar-refractivity contribution in [1.82, 2.24) is 20.0 Å². The van der Waals surface area contributed by atoms with E-state index in [0.29, 0.717) is 19.0 Å². The van der Waals surface area contributed by atoms with Gasteiger partial charge in [-0.1, -0.05) is 19.4 Å². The molecular formula is C17H26N4O2. The van der Waals surface area contributed by atoms with Crippen molar-refractivity contribution < 1.29 is 9.90 Å². The van der Waals surface area contributed by atoms with E-state index in [1.807, 2.05) is 35.7 Å². The van der Waals surface area contributed by atoms with Crippen molar-refractivity contribution in [2.45, 2.75) is 39.7 Å². The summed E-state index contributed by atoms with van der Waals surface area (Å²) in [7, 11) is 0. The van der Waals surface area contributed by atoms with Crippen LogP contribution in [0.25, 0.3) is 5.65 Å². The summed E-state index contributed by atoms with van der Waals surface area (Å²) >= 11 is 0. The van der Waals surface area contributed by atoms with Gasteiger partial charge in [0.2, 0.25) is 0 Å². The summed E-state index contributed by atoms with van der Waals surface area (Å²) in [5, 5.41) is 14.7. The molecule has 3 N–H and O–H groups in total. The van der Waals surface area contributed by atoms with Gasteiger partial charge in [-0.25, -0.2) is 9.78 Å². The summed E-state index contributed by atoms with van der Waals surface area (Å²) in [6.45, 7) is 5.27. The highest BCUT2D eigenvalue weighted by atomic mass is 16.3. The number of aliphatic hydroxyl groups is 1. The number of carbonyl (C=O) groups is 1. The summed E-state index contributed by atoms with van der Waals surface area (Å²) in [5.41, 5.74) is 2.82. The van der Waals surface area contributed by atoms with Gasteiger partial charge in [-0.2, -0.15) is 0 Å². The van der Waals surface area contributed by atoms with Crippen LogP contribution in [0.2, 0.25) is 0 Å². The van der Waals surface area contributed by atoms with Crippen LogP contribution in [0.15, 0.2) is 24.4 Å². The largest absolute Gasteiger partial charge is 0.396 e. The molecule has 126 valence electrons. The van der Waals surface area contributed by atoms with Crippen LogP contribution in [0.3, 0.4) is 0 Å². The van der Waals surface area contributed by atoms with E-state index >= 15 is 0 Å². The molecule has 1 atom stereocenters. The second-order valence-electron chi connectivity index (χ2n) is 5.86. The van der Waals surface area contributed by atoms with Gasteiger partial charge in [-0.3, -0.25) is 0 Å². The highest BCUT2D eigenvalue weighted by Crippen LogP contribution is 2.10. The monoisotopic (exact) mass is 318 g/mol. The molecule has 0 radical (unpaired) electrons. The fourth-order valence-corrected chi connectivity index (χ4v) is 2.69. The molecule has 6 nitrogen and oxygen atoms in total. The van der Waals surface area contributed by atoms with Crippen molar-refractivity contribution in [2.75, 3.05) is 13.2 Å². The Morgan fingerprint density at radius 3 is 2.87 bits per heavy atom. The molecule has 0 aliphatic carbocycles. The Balaban J connectivity index is 1.82. The number of hydrogen-bond donors (Lipinski definition) is 3. The molecule has 2 heterocycles. The van der Waals surface area contributed by atoms with Crippen LogP contribution in [0, 0.1) is 12.8 Å². The van der Waals surface area contributed by atoms with Crippen LogP contribution < -0.4 is 10.6 Å². The Morgan fingerprint density at radius 2 is 2.17 bits per heavy atom. The number of nitrogens with zero attached hydrogens (tertiary/aromatic N) is 2. The molecule has 0 bridgehead atoms.